The summed E-state index contributed by atoms with van der Waals surface area (Å²) in [7, 11) is -4.01. The van der Waals surface area contributed by atoms with Gasteiger partial charge in [0.05, 0.1) is 28.6 Å². The monoisotopic (exact) mass is 463 g/mol. The van der Waals surface area contributed by atoms with Gasteiger partial charge in [-0.2, -0.15) is 10.2 Å². The van der Waals surface area contributed by atoms with Crippen LogP contribution in [0.15, 0.2) is 59.6 Å². The zero-order chi connectivity index (χ0) is 22.6. The van der Waals surface area contributed by atoms with Gasteiger partial charge in [-0.05, 0) is 62.4 Å². The second-order valence-corrected chi connectivity index (χ2v) is 8.95. The first kappa shape index (κ1) is 22.6. The van der Waals surface area contributed by atoms with E-state index in [2.05, 4.69) is 14.9 Å². The molecule has 0 radical (unpaired) electrons. The summed E-state index contributed by atoms with van der Waals surface area (Å²) >= 11 is 6.02. The molecule has 0 spiro atoms. The van der Waals surface area contributed by atoms with Crippen molar-refractivity contribution in [1.82, 2.24) is 10.2 Å². The number of benzene rings is 2. The Bertz CT molecular complexity index is 1200. The average molecular weight is 464 g/mol. The minimum Gasteiger partial charge on any atom is -0.491 e. The van der Waals surface area contributed by atoms with E-state index in [9.17, 15) is 17.6 Å². The Labute approximate surface area is 184 Å². The summed E-state index contributed by atoms with van der Waals surface area (Å²) in [5, 5.41) is 7.41. The molecule has 3 rings (SSSR count). The van der Waals surface area contributed by atoms with E-state index in [-0.39, 0.29) is 38.5 Å². The Hall–Kier alpha value is -3.04. The first-order valence-electron chi connectivity index (χ1n) is 9.21. The largest absolute Gasteiger partial charge is 0.491 e. The fraction of sp³-hybridized carbons (Fsp3) is 0.190. The molecule has 0 aliphatic carbocycles. The molecule has 0 atom stereocenters. The molecule has 1 aromatic heterocycles. The SMILES string of the molecule is CC(C)Oc1ccc(S(=O)(=O)Nc2ccc(Cl)cc2C(=O)c2cnnc(CF)c2)cc1. The van der Waals surface area contributed by atoms with Crippen LogP contribution in [0.1, 0.15) is 35.5 Å². The molecule has 2 aromatic carbocycles. The fourth-order valence-corrected chi connectivity index (χ4v) is 3.97. The van der Waals surface area contributed by atoms with Crippen LogP contribution in [-0.2, 0) is 16.7 Å². The highest BCUT2D eigenvalue weighted by Gasteiger charge is 2.21. The quantitative estimate of drug-likeness (QED) is 0.496. The van der Waals surface area contributed by atoms with Crippen molar-refractivity contribution < 1.29 is 22.3 Å². The van der Waals surface area contributed by atoms with Crippen LogP contribution < -0.4 is 9.46 Å². The van der Waals surface area contributed by atoms with Crippen LogP contribution in [0.5, 0.6) is 5.75 Å². The lowest BCUT2D eigenvalue weighted by Gasteiger charge is -2.14. The van der Waals surface area contributed by atoms with Gasteiger partial charge in [-0.25, -0.2) is 12.8 Å². The van der Waals surface area contributed by atoms with Crippen molar-refractivity contribution in [3.63, 3.8) is 0 Å². The van der Waals surface area contributed by atoms with Crippen molar-refractivity contribution in [2.45, 2.75) is 31.5 Å². The van der Waals surface area contributed by atoms with Crippen LogP contribution in [-0.4, -0.2) is 30.5 Å². The van der Waals surface area contributed by atoms with Crippen LogP contribution in [0.25, 0.3) is 0 Å². The number of carbonyl (C=O) groups excluding carboxylic acids is 1. The first-order valence-corrected chi connectivity index (χ1v) is 11.1. The molecule has 0 amide bonds. The number of ketones is 1. The molecule has 0 aliphatic rings. The van der Waals surface area contributed by atoms with Crippen molar-refractivity contribution in [1.29, 1.82) is 0 Å². The highest BCUT2D eigenvalue weighted by atomic mass is 35.5. The number of nitrogens with one attached hydrogen (secondary N) is 1. The van der Waals surface area contributed by atoms with Crippen molar-refractivity contribution >= 4 is 33.1 Å². The van der Waals surface area contributed by atoms with Crippen LogP contribution in [0, 0.1) is 0 Å². The van der Waals surface area contributed by atoms with Gasteiger partial charge in [-0.15, -0.1) is 0 Å². The van der Waals surface area contributed by atoms with Crippen molar-refractivity contribution in [3.8, 4) is 5.75 Å². The lowest BCUT2D eigenvalue weighted by Crippen LogP contribution is -2.16. The predicted octanol–water partition coefficient (Wildman–Crippen LogP) is 4.42. The zero-order valence-corrected chi connectivity index (χ0v) is 18.2. The number of ether oxygens (including phenoxy) is 1. The summed E-state index contributed by atoms with van der Waals surface area (Å²) in [6, 6.07) is 11.3. The Kier molecular flexibility index (Phi) is 6.87. The number of hydrogen-bond acceptors (Lipinski definition) is 6. The maximum absolute atomic E-state index is 13.0. The first-order chi connectivity index (χ1) is 14.7. The Morgan fingerprint density at radius 3 is 2.52 bits per heavy atom. The molecular weight excluding hydrogens is 445 g/mol. The number of nitrogens with zero attached hydrogens (tertiary/aromatic N) is 2. The lowest BCUT2D eigenvalue weighted by molar-refractivity contribution is 0.103. The number of aromatic nitrogens is 2. The zero-order valence-electron chi connectivity index (χ0n) is 16.7. The van der Waals surface area contributed by atoms with Crippen molar-refractivity contribution in [2.24, 2.45) is 0 Å². The van der Waals surface area contributed by atoms with Gasteiger partial charge in [0, 0.05) is 16.1 Å². The summed E-state index contributed by atoms with van der Waals surface area (Å²) in [5.41, 5.74) is 0.0587. The second-order valence-electron chi connectivity index (χ2n) is 6.83. The maximum Gasteiger partial charge on any atom is 0.261 e. The molecule has 0 bridgehead atoms. The third-order valence-corrected chi connectivity index (χ3v) is 5.70. The smallest absolute Gasteiger partial charge is 0.261 e. The second kappa shape index (κ2) is 9.40. The van der Waals surface area contributed by atoms with E-state index in [1.807, 2.05) is 13.8 Å². The number of carbonyl (C=O) groups is 1. The van der Waals surface area contributed by atoms with E-state index < -0.39 is 22.5 Å². The normalized spacial score (nSPS) is 11.4. The summed E-state index contributed by atoms with van der Waals surface area (Å²) in [6.07, 6.45) is 1.12. The molecule has 10 heteroatoms. The van der Waals surface area contributed by atoms with Gasteiger partial charge in [0.25, 0.3) is 10.0 Å². The number of alkyl halides is 1. The maximum atomic E-state index is 13.0. The fourth-order valence-electron chi connectivity index (χ4n) is 2.72. The Morgan fingerprint density at radius 1 is 1.16 bits per heavy atom. The third-order valence-electron chi connectivity index (χ3n) is 4.08. The van der Waals surface area contributed by atoms with Gasteiger partial charge in [-0.1, -0.05) is 11.6 Å². The summed E-state index contributed by atoms with van der Waals surface area (Å²) in [4.78, 5) is 12.9. The standard InChI is InChI=1S/C21H19ClFN3O4S/c1-13(2)30-17-4-6-18(7-5-17)31(28,29)26-20-8-3-15(22)10-19(20)21(27)14-9-16(11-23)25-24-12-14/h3-10,12-13,26H,11H2,1-2H3. The van der Waals surface area contributed by atoms with E-state index >= 15 is 0 Å². The number of hydrogen-bond donors (Lipinski definition) is 1. The summed E-state index contributed by atoms with van der Waals surface area (Å²) in [6.45, 7) is 2.83. The van der Waals surface area contributed by atoms with Crippen LogP contribution in [0.3, 0.4) is 0 Å². The summed E-state index contributed by atoms with van der Waals surface area (Å²) in [5.74, 6) is -0.0457. The highest BCUT2D eigenvalue weighted by molar-refractivity contribution is 7.92. The molecule has 7 nitrogen and oxygen atoms in total. The van der Waals surface area contributed by atoms with Gasteiger partial charge < -0.3 is 4.74 Å². The van der Waals surface area contributed by atoms with E-state index in [4.69, 9.17) is 16.3 Å². The minimum absolute atomic E-state index is 0.00588. The summed E-state index contributed by atoms with van der Waals surface area (Å²) < 4.78 is 46.5. The van der Waals surface area contributed by atoms with E-state index in [0.717, 1.165) is 0 Å². The topological polar surface area (TPSA) is 98.2 Å². The van der Waals surface area contributed by atoms with E-state index in [1.54, 1.807) is 12.1 Å². The molecule has 0 saturated heterocycles. The molecule has 0 unspecified atom stereocenters. The minimum atomic E-state index is -4.01. The van der Waals surface area contributed by atoms with Gasteiger partial charge in [-0.3, -0.25) is 9.52 Å². The van der Waals surface area contributed by atoms with Crippen LogP contribution in [0.4, 0.5) is 10.1 Å². The number of halogens is 2. The van der Waals surface area contributed by atoms with Crippen LogP contribution >= 0.6 is 11.6 Å². The molecule has 162 valence electrons. The number of rotatable bonds is 8. The van der Waals surface area contributed by atoms with Crippen molar-refractivity contribution in [2.75, 3.05) is 4.72 Å². The van der Waals surface area contributed by atoms with Gasteiger partial charge >= 0.3 is 0 Å². The molecule has 0 aliphatic heterocycles. The lowest BCUT2D eigenvalue weighted by atomic mass is 10.0. The molecule has 0 saturated carbocycles. The highest BCUT2D eigenvalue weighted by Crippen LogP contribution is 2.27. The van der Waals surface area contributed by atoms with Gasteiger partial charge in [0.1, 0.15) is 12.4 Å². The molecular formula is C21H19ClFN3O4S. The van der Waals surface area contributed by atoms with Crippen LogP contribution in [0.2, 0.25) is 5.02 Å². The van der Waals surface area contributed by atoms with E-state index in [1.165, 1.54) is 42.6 Å². The average Bonchev–Trinajstić information content (AvgIpc) is 2.74. The Morgan fingerprint density at radius 2 is 1.87 bits per heavy atom. The molecule has 1 N–H and O–H groups in total. The number of anilines is 1. The molecule has 1 heterocycles. The number of sulfonamides is 1. The molecule has 3 aromatic rings. The Balaban J connectivity index is 1.93. The predicted molar refractivity (Wildman–Crippen MR) is 115 cm³/mol. The molecule has 31 heavy (non-hydrogen) atoms. The van der Waals surface area contributed by atoms with Crippen molar-refractivity contribution in [3.05, 3.63) is 76.6 Å². The molecule has 0 fully saturated rings. The third kappa shape index (κ3) is 5.56. The van der Waals surface area contributed by atoms with Gasteiger partial charge in [0.15, 0.2) is 5.78 Å². The van der Waals surface area contributed by atoms with Gasteiger partial charge in [0.2, 0.25) is 0 Å². The van der Waals surface area contributed by atoms with E-state index in [0.29, 0.717) is 5.75 Å².